The van der Waals surface area contributed by atoms with Crippen LogP contribution in [0, 0.1) is 0 Å². The van der Waals surface area contributed by atoms with E-state index in [0.29, 0.717) is 5.92 Å². The fourth-order valence-electron chi connectivity index (χ4n) is 1.76. The Kier molecular flexibility index (Phi) is 4.16. The first-order valence-electron chi connectivity index (χ1n) is 5.90. The molecule has 0 saturated heterocycles. The molecule has 0 saturated carbocycles. The van der Waals surface area contributed by atoms with E-state index in [-0.39, 0.29) is 6.42 Å². The summed E-state index contributed by atoms with van der Waals surface area (Å²) >= 11 is 0. The molecule has 94 valence electrons. The summed E-state index contributed by atoms with van der Waals surface area (Å²) in [6.45, 7) is 8.07. The van der Waals surface area contributed by atoms with E-state index in [1.807, 2.05) is 26.0 Å². The molecule has 0 spiro atoms. The summed E-state index contributed by atoms with van der Waals surface area (Å²) in [4.78, 5) is 10.7. The minimum atomic E-state index is -0.790. The van der Waals surface area contributed by atoms with Crippen LogP contribution >= 0.6 is 0 Å². The summed E-state index contributed by atoms with van der Waals surface area (Å²) in [6.07, 6.45) is 0.0962. The molecule has 17 heavy (non-hydrogen) atoms. The number of aliphatic carboxylic acids is 1. The molecule has 0 radical (unpaired) electrons. The van der Waals surface area contributed by atoms with Gasteiger partial charge in [0.25, 0.3) is 0 Å². The van der Waals surface area contributed by atoms with Gasteiger partial charge in [0.05, 0.1) is 6.42 Å². The molecule has 3 heteroatoms. The van der Waals surface area contributed by atoms with Gasteiger partial charge in [-0.25, -0.2) is 0 Å². The third-order valence-electron chi connectivity index (χ3n) is 2.65. The van der Waals surface area contributed by atoms with Crippen LogP contribution in [0.2, 0.25) is 0 Å². The van der Waals surface area contributed by atoms with E-state index in [2.05, 4.69) is 31.3 Å². The lowest BCUT2D eigenvalue weighted by Gasteiger charge is -2.25. The highest BCUT2D eigenvalue weighted by Gasteiger charge is 2.21. The zero-order valence-corrected chi connectivity index (χ0v) is 10.9. The average Bonchev–Trinajstić information content (AvgIpc) is 2.15. The van der Waals surface area contributed by atoms with Gasteiger partial charge in [0.2, 0.25) is 0 Å². The lowest BCUT2D eigenvalue weighted by molar-refractivity contribution is -0.137. The van der Waals surface area contributed by atoms with Crippen molar-refractivity contribution < 1.29 is 9.90 Å². The second-order valence-corrected chi connectivity index (χ2v) is 5.36. The van der Waals surface area contributed by atoms with Crippen LogP contribution in [0.4, 0.5) is 5.69 Å². The monoisotopic (exact) mass is 235 g/mol. The van der Waals surface area contributed by atoms with Gasteiger partial charge in [0.1, 0.15) is 0 Å². The van der Waals surface area contributed by atoms with Crippen molar-refractivity contribution in [1.29, 1.82) is 0 Å². The van der Waals surface area contributed by atoms with Gasteiger partial charge in [-0.15, -0.1) is 0 Å². The maximum atomic E-state index is 10.7. The highest BCUT2D eigenvalue weighted by Crippen LogP contribution is 2.21. The Labute approximate surface area is 103 Å². The number of hydrogen-bond acceptors (Lipinski definition) is 2. The van der Waals surface area contributed by atoms with Crippen molar-refractivity contribution in [3.05, 3.63) is 29.8 Å². The van der Waals surface area contributed by atoms with E-state index in [9.17, 15) is 4.79 Å². The molecule has 3 nitrogen and oxygen atoms in total. The molecular formula is C14H21NO2. The highest BCUT2D eigenvalue weighted by molar-refractivity contribution is 5.69. The van der Waals surface area contributed by atoms with Crippen molar-refractivity contribution in [2.75, 3.05) is 5.32 Å². The highest BCUT2D eigenvalue weighted by atomic mass is 16.4. The molecule has 0 unspecified atom stereocenters. The number of hydrogen-bond donors (Lipinski definition) is 2. The van der Waals surface area contributed by atoms with E-state index in [0.717, 1.165) is 5.69 Å². The van der Waals surface area contributed by atoms with E-state index >= 15 is 0 Å². The molecule has 0 fully saturated rings. The summed E-state index contributed by atoms with van der Waals surface area (Å²) in [7, 11) is 0. The summed E-state index contributed by atoms with van der Waals surface area (Å²) in [5, 5.41) is 12.0. The van der Waals surface area contributed by atoms with E-state index in [4.69, 9.17) is 5.11 Å². The van der Waals surface area contributed by atoms with Crippen LogP contribution < -0.4 is 5.32 Å². The second kappa shape index (κ2) is 5.21. The van der Waals surface area contributed by atoms with Crippen molar-refractivity contribution in [3.8, 4) is 0 Å². The topological polar surface area (TPSA) is 49.3 Å². The van der Waals surface area contributed by atoms with E-state index in [1.54, 1.807) is 0 Å². The van der Waals surface area contributed by atoms with Crippen LogP contribution in [-0.2, 0) is 4.79 Å². The minimum Gasteiger partial charge on any atom is -0.481 e. The van der Waals surface area contributed by atoms with Crippen LogP contribution in [0.3, 0.4) is 0 Å². The van der Waals surface area contributed by atoms with Gasteiger partial charge >= 0.3 is 5.97 Å². The van der Waals surface area contributed by atoms with Gasteiger partial charge in [0, 0.05) is 11.2 Å². The van der Waals surface area contributed by atoms with Crippen LogP contribution in [0.1, 0.15) is 45.6 Å². The molecule has 0 aliphatic heterocycles. The summed E-state index contributed by atoms with van der Waals surface area (Å²) in [6, 6.07) is 8.14. The third-order valence-corrected chi connectivity index (χ3v) is 2.65. The zero-order chi connectivity index (χ0) is 13.1. The second-order valence-electron chi connectivity index (χ2n) is 5.36. The molecule has 2 N–H and O–H groups in total. The Bertz CT molecular complexity index is 380. The van der Waals surface area contributed by atoms with Crippen molar-refractivity contribution in [1.82, 2.24) is 0 Å². The molecule has 0 amide bonds. The quantitative estimate of drug-likeness (QED) is 0.821. The van der Waals surface area contributed by atoms with Gasteiger partial charge in [-0.05, 0) is 37.5 Å². The maximum Gasteiger partial charge on any atom is 0.305 e. The molecule has 0 bridgehead atoms. The van der Waals surface area contributed by atoms with Crippen molar-refractivity contribution in [2.24, 2.45) is 0 Å². The molecule has 0 atom stereocenters. The predicted molar refractivity (Wildman–Crippen MR) is 70.5 cm³/mol. The summed E-state index contributed by atoms with van der Waals surface area (Å²) < 4.78 is 0. The molecule has 1 aromatic rings. The fourth-order valence-corrected chi connectivity index (χ4v) is 1.76. The maximum absolute atomic E-state index is 10.7. The van der Waals surface area contributed by atoms with Crippen molar-refractivity contribution >= 4 is 11.7 Å². The standard InChI is InChI=1S/C14H21NO2/c1-10(2)11-5-7-12(8-6-11)15-14(3,4)9-13(16)17/h5-8,10,15H,9H2,1-4H3,(H,16,17). The fraction of sp³-hybridized carbons (Fsp3) is 0.500. The first-order chi connectivity index (χ1) is 7.80. The molecule has 0 aromatic heterocycles. The van der Waals surface area contributed by atoms with Gasteiger partial charge in [0.15, 0.2) is 0 Å². The lowest BCUT2D eigenvalue weighted by Crippen LogP contribution is -2.33. The Balaban J connectivity index is 2.71. The van der Waals surface area contributed by atoms with Crippen molar-refractivity contribution in [3.63, 3.8) is 0 Å². The molecular weight excluding hydrogens is 214 g/mol. The number of carboxylic acids is 1. The third kappa shape index (κ3) is 4.47. The Morgan fingerprint density at radius 3 is 2.24 bits per heavy atom. The average molecular weight is 235 g/mol. The zero-order valence-electron chi connectivity index (χ0n) is 10.9. The Morgan fingerprint density at radius 1 is 1.29 bits per heavy atom. The van der Waals surface area contributed by atoms with Crippen LogP contribution in [0.5, 0.6) is 0 Å². The van der Waals surface area contributed by atoms with E-state index < -0.39 is 11.5 Å². The number of rotatable bonds is 5. The molecule has 1 aromatic carbocycles. The van der Waals surface area contributed by atoms with Crippen LogP contribution in [0.25, 0.3) is 0 Å². The largest absolute Gasteiger partial charge is 0.481 e. The van der Waals surface area contributed by atoms with Crippen LogP contribution in [-0.4, -0.2) is 16.6 Å². The van der Waals surface area contributed by atoms with Gasteiger partial charge in [-0.3, -0.25) is 4.79 Å². The number of nitrogens with one attached hydrogen (secondary N) is 1. The summed E-state index contributed by atoms with van der Waals surface area (Å²) in [5.74, 6) is -0.280. The molecule has 0 aliphatic rings. The SMILES string of the molecule is CC(C)c1ccc(NC(C)(C)CC(=O)O)cc1. The first-order valence-corrected chi connectivity index (χ1v) is 5.90. The van der Waals surface area contributed by atoms with Gasteiger partial charge < -0.3 is 10.4 Å². The predicted octanol–water partition coefficient (Wildman–Crippen LogP) is 3.48. The van der Waals surface area contributed by atoms with Gasteiger partial charge in [-0.2, -0.15) is 0 Å². The molecule has 0 heterocycles. The molecule has 0 aliphatic carbocycles. The first kappa shape index (κ1) is 13.6. The number of anilines is 1. The van der Waals surface area contributed by atoms with Crippen LogP contribution in [0.15, 0.2) is 24.3 Å². The molecule has 1 rings (SSSR count). The number of carboxylic acid groups (broad SMARTS) is 1. The minimum absolute atomic E-state index is 0.0962. The smallest absolute Gasteiger partial charge is 0.305 e. The number of benzene rings is 1. The van der Waals surface area contributed by atoms with E-state index in [1.165, 1.54) is 5.56 Å². The van der Waals surface area contributed by atoms with Crippen molar-refractivity contribution in [2.45, 2.75) is 45.6 Å². The Morgan fingerprint density at radius 2 is 1.82 bits per heavy atom. The lowest BCUT2D eigenvalue weighted by atomic mass is 9.99. The Hall–Kier alpha value is -1.51. The normalized spacial score (nSPS) is 11.6. The van der Waals surface area contributed by atoms with Gasteiger partial charge in [-0.1, -0.05) is 26.0 Å². The number of carbonyl (C=O) groups is 1. The summed E-state index contributed by atoms with van der Waals surface area (Å²) in [5.41, 5.74) is 1.80.